The first-order valence-electron chi connectivity index (χ1n) is 6.05. The summed E-state index contributed by atoms with van der Waals surface area (Å²) in [6.07, 6.45) is 0. The second-order valence-corrected chi connectivity index (χ2v) is 4.06. The van der Waals surface area contributed by atoms with Crippen molar-refractivity contribution in [3.05, 3.63) is 30.3 Å². The van der Waals surface area contributed by atoms with Gasteiger partial charge in [-0.15, -0.1) is 22.6 Å². The molecule has 2 rings (SSSR count). The molecule has 2 aromatic rings. The van der Waals surface area contributed by atoms with Gasteiger partial charge in [-0.2, -0.15) is 4.80 Å². The third-order valence-electron chi connectivity index (χ3n) is 2.63. The molecule has 0 saturated heterocycles. The summed E-state index contributed by atoms with van der Waals surface area (Å²) in [6.45, 7) is 2.55. The van der Waals surface area contributed by atoms with Crippen molar-refractivity contribution in [1.29, 1.82) is 0 Å². The largest absolute Gasteiger partial charge is 0.353 e. The molecular formula is C12H17ClN6O. The van der Waals surface area contributed by atoms with Gasteiger partial charge in [0.25, 0.3) is 0 Å². The maximum atomic E-state index is 11.8. The number of nitrogens with two attached hydrogens (primary N) is 1. The number of nitrogens with one attached hydrogen (secondary N) is 1. The second-order valence-electron chi connectivity index (χ2n) is 4.06. The molecule has 1 heterocycles. The van der Waals surface area contributed by atoms with Crippen LogP contribution in [-0.4, -0.2) is 39.2 Å². The standard InChI is InChI=1S/C12H16N6O.ClH/c1-9(12(19)14-8-7-13)18-16-11(15-17-18)10-5-3-2-4-6-10;/h2-6,9H,7-8,13H2,1H3,(H,14,19);1H. The van der Waals surface area contributed by atoms with Gasteiger partial charge in [0.2, 0.25) is 11.7 Å². The topological polar surface area (TPSA) is 98.7 Å². The summed E-state index contributed by atoms with van der Waals surface area (Å²) >= 11 is 0. The molecule has 0 aliphatic carbocycles. The summed E-state index contributed by atoms with van der Waals surface area (Å²) in [4.78, 5) is 13.1. The molecule has 108 valence electrons. The fourth-order valence-electron chi connectivity index (χ4n) is 1.54. The number of aromatic nitrogens is 4. The van der Waals surface area contributed by atoms with Crippen LogP contribution >= 0.6 is 12.4 Å². The number of carbonyl (C=O) groups excluding carboxylic acids is 1. The number of nitrogens with zero attached hydrogens (tertiary/aromatic N) is 4. The molecule has 0 aliphatic heterocycles. The van der Waals surface area contributed by atoms with Gasteiger partial charge in [0.15, 0.2) is 0 Å². The normalized spacial score (nSPS) is 11.5. The van der Waals surface area contributed by atoms with Crippen molar-refractivity contribution in [3.63, 3.8) is 0 Å². The lowest BCUT2D eigenvalue weighted by Crippen LogP contribution is -2.35. The van der Waals surface area contributed by atoms with Crippen molar-refractivity contribution >= 4 is 18.3 Å². The lowest BCUT2D eigenvalue weighted by Gasteiger charge is -2.09. The highest BCUT2D eigenvalue weighted by Crippen LogP contribution is 2.13. The molecule has 0 saturated carbocycles. The Bertz CT molecular complexity index is 544. The van der Waals surface area contributed by atoms with E-state index in [2.05, 4.69) is 20.7 Å². The molecule has 8 heteroatoms. The van der Waals surface area contributed by atoms with Crippen LogP contribution in [0, 0.1) is 0 Å². The molecule has 3 N–H and O–H groups in total. The van der Waals surface area contributed by atoms with E-state index < -0.39 is 6.04 Å². The van der Waals surface area contributed by atoms with E-state index in [-0.39, 0.29) is 18.3 Å². The van der Waals surface area contributed by atoms with Gasteiger partial charge in [0.05, 0.1) is 0 Å². The van der Waals surface area contributed by atoms with Crippen molar-refractivity contribution in [2.75, 3.05) is 13.1 Å². The van der Waals surface area contributed by atoms with Crippen LogP contribution < -0.4 is 11.1 Å². The molecular weight excluding hydrogens is 280 g/mol. The summed E-state index contributed by atoms with van der Waals surface area (Å²) < 4.78 is 0. The smallest absolute Gasteiger partial charge is 0.246 e. The third-order valence-corrected chi connectivity index (χ3v) is 2.63. The quantitative estimate of drug-likeness (QED) is 0.832. The maximum absolute atomic E-state index is 11.8. The van der Waals surface area contributed by atoms with Crippen LogP contribution in [0.15, 0.2) is 30.3 Å². The zero-order chi connectivity index (χ0) is 13.7. The van der Waals surface area contributed by atoms with Crippen LogP contribution in [0.4, 0.5) is 0 Å². The molecule has 0 aliphatic rings. The highest BCUT2D eigenvalue weighted by molar-refractivity contribution is 5.85. The highest BCUT2D eigenvalue weighted by atomic mass is 35.5. The second kappa shape index (κ2) is 7.56. The Balaban J connectivity index is 0.00000200. The SMILES string of the molecule is CC(C(=O)NCCN)n1nnc(-c2ccccc2)n1.Cl. The van der Waals surface area contributed by atoms with Gasteiger partial charge in [-0.3, -0.25) is 4.79 Å². The summed E-state index contributed by atoms with van der Waals surface area (Å²) in [7, 11) is 0. The molecule has 0 radical (unpaired) electrons. The van der Waals surface area contributed by atoms with Crippen molar-refractivity contribution < 1.29 is 4.79 Å². The van der Waals surface area contributed by atoms with Crippen LogP contribution in [0.3, 0.4) is 0 Å². The number of benzene rings is 1. The number of carbonyl (C=O) groups is 1. The molecule has 0 bridgehead atoms. The van der Waals surface area contributed by atoms with E-state index in [1.165, 1.54) is 4.80 Å². The van der Waals surface area contributed by atoms with Gasteiger partial charge >= 0.3 is 0 Å². The zero-order valence-electron chi connectivity index (χ0n) is 11.1. The van der Waals surface area contributed by atoms with Crippen LogP contribution in [0.1, 0.15) is 13.0 Å². The molecule has 7 nitrogen and oxygen atoms in total. The minimum atomic E-state index is -0.517. The summed E-state index contributed by atoms with van der Waals surface area (Å²) in [5.41, 5.74) is 6.19. The Labute approximate surface area is 123 Å². The van der Waals surface area contributed by atoms with Gasteiger partial charge in [-0.25, -0.2) is 0 Å². The third kappa shape index (κ3) is 3.75. The van der Waals surface area contributed by atoms with Crippen molar-refractivity contribution in [2.45, 2.75) is 13.0 Å². The van der Waals surface area contributed by atoms with Crippen molar-refractivity contribution in [2.24, 2.45) is 5.73 Å². The minimum absolute atomic E-state index is 0. The van der Waals surface area contributed by atoms with Gasteiger partial charge in [-0.1, -0.05) is 30.3 Å². The summed E-state index contributed by atoms with van der Waals surface area (Å²) in [5.74, 6) is 0.321. The Morgan fingerprint density at radius 1 is 1.40 bits per heavy atom. The first-order valence-corrected chi connectivity index (χ1v) is 6.05. The molecule has 0 fully saturated rings. The molecule has 1 atom stereocenters. The number of halogens is 1. The molecule has 1 aromatic heterocycles. The molecule has 1 amide bonds. The van der Waals surface area contributed by atoms with E-state index in [0.717, 1.165) is 5.56 Å². The lowest BCUT2D eigenvalue weighted by atomic mass is 10.2. The molecule has 0 spiro atoms. The van der Waals surface area contributed by atoms with Gasteiger partial charge in [0.1, 0.15) is 6.04 Å². The molecule has 20 heavy (non-hydrogen) atoms. The number of hydrogen-bond acceptors (Lipinski definition) is 5. The predicted molar refractivity (Wildman–Crippen MR) is 77.3 cm³/mol. The van der Waals surface area contributed by atoms with E-state index in [9.17, 15) is 4.79 Å². The van der Waals surface area contributed by atoms with Gasteiger partial charge in [0, 0.05) is 18.7 Å². The molecule has 1 unspecified atom stereocenters. The van der Waals surface area contributed by atoms with Gasteiger partial charge < -0.3 is 11.1 Å². The highest BCUT2D eigenvalue weighted by Gasteiger charge is 2.17. The van der Waals surface area contributed by atoms with E-state index >= 15 is 0 Å². The Morgan fingerprint density at radius 3 is 2.75 bits per heavy atom. The maximum Gasteiger partial charge on any atom is 0.246 e. The number of rotatable bonds is 5. The van der Waals surface area contributed by atoms with Crippen LogP contribution in [0.5, 0.6) is 0 Å². The first-order chi connectivity index (χ1) is 9.22. The Hall–Kier alpha value is -1.99. The van der Waals surface area contributed by atoms with E-state index in [1.54, 1.807) is 6.92 Å². The fourth-order valence-corrected chi connectivity index (χ4v) is 1.54. The van der Waals surface area contributed by atoms with Crippen LogP contribution in [0.25, 0.3) is 11.4 Å². The average Bonchev–Trinajstić information content (AvgIpc) is 2.94. The van der Waals surface area contributed by atoms with E-state index in [0.29, 0.717) is 18.9 Å². The number of amides is 1. The lowest BCUT2D eigenvalue weighted by molar-refractivity contribution is -0.124. The summed E-state index contributed by atoms with van der Waals surface area (Å²) in [5, 5.41) is 14.8. The summed E-state index contributed by atoms with van der Waals surface area (Å²) in [6, 6.07) is 8.97. The van der Waals surface area contributed by atoms with Crippen LogP contribution in [-0.2, 0) is 4.79 Å². The van der Waals surface area contributed by atoms with Crippen molar-refractivity contribution in [1.82, 2.24) is 25.5 Å². The van der Waals surface area contributed by atoms with E-state index in [4.69, 9.17) is 5.73 Å². The average molecular weight is 297 g/mol. The Kier molecular flexibility index (Phi) is 6.08. The van der Waals surface area contributed by atoms with Crippen molar-refractivity contribution in [3.8, 4) is 11.4 Å². The number of tetrazole rings is 1. The number of hydrogen-bond donors (Lipinski definition) is 2. The monoisotopic (exact) mass is 296 g/mol. The minimum Gasteiger partial charge on any atom is -0.353 e. The predicted octanol–water partition coefficient (Wildman–Crippen LogP) is 0.398. The first kappa shape index (κ1) is 16.1. The van der Waals surface area contributed by atoms with Gasteiger partial charge in [-0.05, 0) is 12.1 Å². The van der Waals surface area contributed by atoms with Crippen LogP contribution in [0.2, 0.25) is 0 Å². The fraction of sp³-hybridized carbons (Fsp3) is 0.333. The Morgan fingerprint density at radius 2 is 2.10 bits per heavy atom. The molecule has 1 aromatic carbocycles. The van der Waals surface area contributed by atoms with E-state index in [1.807, 2.05) is 30.3 Å². The zero-order valence-corrected chi connectivity index (χ0v) is 11.9.